The summed E-state index contributed by atoms with van der Waals surface area (Å²) in [5.74, 6) is 2.94. The number of hydrogen-bond acceptors (Lipinski definition) is 8. The molecule has 0 aromatic carbocycles. The highest BCUT2D eigenvalue weighted by Gasteiger charge is 2.41. The quantitative estimate of drug-likeness (QED) is 0.177. The van der Waals surface area contributed by atoms with E-state index in [1.54, 1.807) is 0 Å². The molecule has 12 unspecified atom stereocenters. The smallest absolute Gasteiger partial charge is 0.306 e. The minimum Gasteiger partial charge on any atom is -0.462 e. The van der Waals surface area contributed by atoms with Gasteiger partial charge < -0.3 is 32.4 Å². The predicted molar refractivity (Wildman–Crippen MR) is 176 cm³/mol. The minimum absolute atomic E-state index is 0.0601. The van der Waals surface area contributed by atoms with Gasteiger partial charge in [0.1, 0.15) is 12.2 Å². The van der Waals surface area contributed by atoms with Crippen LogP contribution in [-0.2, 0) is 19.1 Å². The molecule has 0 bridgehead atoms. The van der Waals surface area contributed by atoms with Crippen LogP contribution in [0.1, 0.15) is 130 Å². The van der Waals surface area contributed by atoms with Gasteiger partial charge in [-0.15, -0.1) is 0 Å². The Morgan fingerprint density at radius 3 is 0.977 bits per heavy atom. The zero-order valence-electron chi connectivity index (χ0n) is 28.3. The molecule has 44 heavy (non-hydrogen) atoms. The molecule has 254 valence electrons. The maximum Gasteiger partial charge on any atom is 0.306 e. The van der Waals surface area contributed by atoms with E-state index in [1.807, 2.05) is 0 Å². The van der Waals surface area contributed by atoms with E-state index >= 15 is 0 Å². The fraction of sp³-hybridized carbons (Fsp3) is 0.944. The van der Waals surface area contributed by atoms with Crippen molar-refractivity contribution < 1.29 is 19.1 Å². The highest BCUT2D eigenvalue weighted by Crippen LogP contribution is 2.42. The largest absolute Gasteiger partial charge is 0.462 e. The van der Waals surface area contributed by atoms with E-state index in [2.05, 4.69) is 27.7 Å². The topological polar surface area (TPSA) is 157 Å². The van der Waals surface area contributed by atoms with E-state index in [9.17, 15) is 9.59 Å². The van der Waals surface area contributed by atoms with Crippen LogP contribution in [0.15, 0.2) is 0 Å². The number of carbonyl (C=O) groups is 2. The van der Waals surface area contributed by atoms with Crippen LogP contribution < -0.4 is 22.9 Å². The lowest BCUT2D eigenvalue weighted by atomic mass is 9.69. The van der Waals surface area contributed by atoms with Crippen LogP contribution in [0.25, 0.3) is 0 Å². The van der Waals surface area contributed by atoms with Crippen LogP contribution in [0.3, 0.4) is 0 Å². The first-order valence-corrected chi connectivity index (χ1v) is 18.3. The monoisotopic (exact) mass is 619 g/mol. The Morgan fingerprint density at radius 2 is 0.750 bits per heavy atom. The molecule has 0 aliphatic heterocycles. The normalized spacial score (nSPS) is 41.4. The maximum atomic E-state index is 13.2. The highest BCUT2D eigenvalue weighted by molar-refractivity contribution is 5.71. The van der Waals surface area contributed by atoms with Crippen LogP contribution in [0.4, 0.5) is 0 Å². The van der Waals surface area contributed by atoms with Crippen molar-refractivity contribution in [3.63, 3.8) is 0 Å². The molecule has 8 N–H and O–H groups in total. The Bertz CT molecular complexity index is 795. The van der Waals surface area contributed by atoms with Gasteiger partial charge in [0.25, 0.3) is 0 Å². The Morgan fingerprint density at radius 1 is 0.500 bits per heavy atom. The fourth-order valence-corrected chi connectivity index (χ4v) is 9.15. The summed E-state index contributed by atoms with van der Waals surface area (Å²) in [6, 6.07) is 0.940. The van der Waals surface area contributed by atoms with Gasteiger partial charge in [0.2, 0.25) is 0 Å². The van der Waals surface area contributed by atoms with Crippen molar-refractivity contribution in [1.82, 2.24) is 0 Å². The van der Waals surface area contributed by atoms with Gasteiger partial charge in [0.05, 0.1) is 0 Å². The third-order valence-electron chi connectivity index (χ3n) is 12.5. The lowest BCUT2D eigenvalue weighted by Gasteiger charge is -2.42. The molecule has 0 aromatic rings. The van der Waals surface area contributed by atoms with Gasteiger partial charge in [-0.05, 0) is 137 Å². The number of esters is 2. The first kappa shape index (κ1) is 35.6. The third-order valence-corrected chi connectivity index (χ3v) is 12.5. The molecule has 0 saturated heterocycles. The average Bonchev–Trinajstić information content (AvgIpc) is 2.99. The Kier molecular flexibility index (Phi) is 13.4. The van der Waals surface area contributed by atoms with Crippen molar-refractivity contribution in [2.24, 2.45) is 70.3 Å². The van der Waals surface area contributed by atoms with Gasteiger partial charge >= 0.3 is 11.9 Å². The van der Waals surface area contributed by atoms with Crippen LogP contribution in [0.5, 0.6) is 0 Å². The van der Waals surface area contributed by atoms with E-state index in [0.29, 0.717) is 73.0 Å². The molecule has 0 amide bonds. The van der Waals surface area contributed by atoms with Crippen molar-refractivity contribution in [1.29, 1.82) is 0 Å². The fourth-order valence-electron chi connectivity index (χ4n) is 9.15. The minimum atomic E-state index is -0.133. The Hall–Kier alpha value is -1.22. The highest BCUT2D eigenvalue weighted by atomic mass is 16.5. The van der Waals surface area contributed by atoms with Crippen LogP contribution in [0.2, 0.25) is 0 Å². The van der Waals surface area contributed by atoms with Gasteiger partial charge in [-0.2, -0.15) is 0 Å². The van der Waals surface area contributed by atoms with Gasteiger partial charge in [-0.25, -0.2) is 0 Å². The zero-order valence-corrected chi connectivity index (χ0v) is 28.3. The van der Waals surface area contributed by atoms with Crippen molar-refractivity contribution in [3.05, 3.63) is 0 Å². The number of rotatable bonds is 11. The van der Waals surface area contributed by atoms with Crippen molar-refractivity contribution in [2.45, 2.75) is 167 Å². The van der Waals surface area contributed by atoms with E-state index < -0.39 is 0 Å². The second-order valence-electron chi connectivity index (χ2n) is 16.0. The summed E-state index contributed by atoms with van der Waals surface area (Å²) in [5.41, 5.74) is 25.3. The van der Waals surface area contributed by atoms with E-state index in [4.69, 9.17) is 32.4 Å². The van der Waals surface area contributed by atoms with Crippen LogP contribution in [0, 0.1) is 47.3 Å². The second-order valence-corrected chi connectivity index (χ2v) is 16.0. The summed E-state index contributed by atoms with van der Waals surface area (Å²) in [7, 11) is 0. The molecule has 0 heterocycles. The van der Waals surface area contributed by atoms with E-state index in [1.165, 1.54) is 0 Å². The lowest BCUT2D eigenvalue weighted by Crippen LogP contribution is -2.45. The lowest BCUT2D eigenvalue weighted by molar-refractivity contribution is -0.160. The average molecular weight is 619 g/mol. The van der Waals surface area contributed by atoms with Crippen LogP contribution >= 0.6 is 0 Å². The summed E-state index contributed by atoms with van der Waals surface area (Å²) in [6.45, 7) is 8.91. The van der Waals surface area contributed by atoms with Crippen LogP contribution in [-0.4, -0.2) is 48.3 Å². The molecule has 0 spiro atoms. The first-order chi connectivity index (χ1) is 20.9. The first-order valence-electron chi connectivity index (χ1n) is 18.3. The molecule has 4 rings (SSSR count). The molecule has 4 saturated carbocycles. The number of ether oxygens (including phenoxy) is 2. The van der Waals surface area contributed by atoms with Crippen molar-refractivity contribution in [2.75, 3.05) is 0 Å². The SMILES string of the molecule is CC1CC(C(OC(=O)CCCCC(=O)OC(C2CCC(N)C(C)C2)C2CCC(N)C(C)C2)C2CCC(N)C(C)C2)CCC1N. The van der Waals surface area contributed by atoms with Gasteiger partial charge in [0, 0.05) is 37.0 Å². The third kappa shape index (κ3) is 9.65. The van der Waals surface area contributed by atoms with Crippen molar-refractivity contribution >= 4 is 11.9 Å². The molecule has 4 aliphatic carbocycles. The molecule has 8 nitrogen and oxygen atoms in total. The summed E-state index contributed by atoms with van der Waals surface area (Å²) < 4.78 is 12.6. The number of hydrogen-bond donors (Lipinski definition) is 4. The zero-order chi connectivity index (χ0) is 32.0. The summed E-state index contributed by atoms with van der Waals surface area (Å²) in [5, 5.41) is 0. The molecular formula is C36H66N4O4. The molecule has 4 aliphatic rings. The summed E-state index contributed by atoms with van der Waals surface area (Å²) in [4.78, 5) is 26.3. The molecule has 0 aromatic heterocycles. The van der Waals surface area contributed by atoms with Gasteiger partial charge in [-0.1, -0.05) is 27.7 Å². The predicted octanol–water partition coefficient (Wildman–Crippen LogP) is 5.42. The van der Waals surface area contributed by atoms with E-state index in [-0.39, 0.29) is 48.3 Å². The van der Waals surface area contributed by atoms with Crippen molar-refractivity contribution in [3.8, 4) is 0 Å². The van der Waals surface area contributed by atoms with Gasteiger partial charge in [-0.3, -0.25) is 9.59 Å². The number of nitrogens with two attached hydrogens (primary N) is 4. The summed E-state index contributed by atoms with van der Waals surface area (Å²) in [6.07, 6.45) is 13.9. The molecule has 4 fully saturated rings. The van der Waals surface area contributed by atoms with Gasteiger partial charge in [0.15, 0.2) is 0 Å². The molecule has 8 heteroatoms. The second kappa shape index (κ2) is 16.6. The standard InChI is InChI=1S/C36H66N4O4/c1-21-17-25(9-13-29(21)37)35(26-10-14-30(38)22(2)18-26)43-33(41)7-5-6-8-34(42)44-36(27-11-15-31(39)23(3)19-27)28-12-16-32(40)24(4)20-28/h21-32,35-36H,5-20,37-40H2,1-4H3. The number of carbonyl (C=O) groups excluding carboxylic acids is 2. The molecule has 12 atom stereocenters. The molecular weight excluding hydrogens is 552 g/mol. The Balaban J connectivity index is 1.27. The summed E-state index contributed by atoms with van der Waals surface area (Å²) >= 11 is 0. The maximum absolute atomic E-state index is 13.2. The number of unbranched alkanes of at least 4 members (excludes halogenated alkanes) is 1. The molecule has 0 radical (unpaired) electrons. The Labute approximate surface area is 267 Å². The van der Waals surface area contributed by atoms with E-state index in [0.717, 1.165) is 77.0 Å².